The Kier molecular flexibility index (Phi) is 8.68. The number of alkyl halides is 3. The Bertz CT molecular complexity index is 888. The lowest BCUT2D eigenvalue weighted by molar-refractivity contribution is -0.139. The zero-order chi connectivity index (χ0) is 22.9. The SMILES string of the molecule is CN(C)CC(=O)Nc1cccc(CNC(=O)NCCOc2ccccc2C(F)(F)F)c1. The molecule has 0 aliphatic carbocycles. The molecule has 3 amide bonds. The van der Waals surface area contributed by atoms with Gasteiger partial charge in [0, 0.05) is 12.2 Å². The normalized spacial score (nSPS) is 11.2. The van der Waals surface area contributed by atoms with Crippen molar-refractivity contribution in [3.63, 3.8) is 0 Å². The van der Waals surface area contributed by atoms with Crippen molar-refractivity contribution in [2.24, 2.45) is 0 Å². The molecule has 2 aromatic rings. The van der Waals surface area contributed by atoms with Crippen LogP contribution in [0.4, 0.5) is 23.7 Å². The first-order valence-corrected chi connectivity index (χ1v) is 9.49. The molecule has 31 heavy (non-hydrogen) atoms. The van der Waals surface area contributed by atoms with Gasteiger partial charge in [0.25, 0.3) is 0 Å². The van der Waals surface area contributed by atoms with Crippen LogP contribution in [0.15, 0.2) is 48.5 Å². The molecule has 0 aliphatic heterocycles. The zero-order valence-corrected chi connectivity index (χ0v) is 17.3. The third kappa shape index (κ3) is 8.55. The molecule has 7 nitrogen and oxygen atoms in total. The van der Waals surface area contributed by atoms with Crippen molar-refractivity contribution in [3.05, 3.63) is 59.7 Å². The van der Waals surface area contributed by atoms with E-state index in [9.17, 15) is 22.8 Å². The molecule has 0 radical (unpaired) electrons. The molecule has 0 spiro atoms. The Balaban J connectivity index is 1.75. The Labute approximate surface area is 178 Å². The van der Waals surface area contributed by atoms with Crippen LogP contribution >= 0.6 is 0 Å². The second-order valence-electron chi connectivity index (χ2n) is 6.94. The molecule has 10 heteroatoms. The molecule has 0 heterocycles. The summed E-state index contributed by atoms with van der Waals surface area (Å²) in [7, 11) is 3.58. The molecule has 0 atom stereocenters. The maximum Gasteiger partial charge on any atom is 0.419 e. The number of hydrogen-bond donors (Lipinski definition) is 3. The quantitative estimate of drug-likeness (QED) is 0.526. The van der Waals surface area contributed by atoms with Gasteiger partial charge in [0.15, 0.2) is 0 Å². The number of anilines is 1. The molecule has 0 unspecified atom stereocenters. The summed E-state index contributed by atoms with van der Waals surface area (Å²) in [5.74, 6) is -0.440. The summed E-state index contributed by atoms with van der Waals surface area (Å²) in [6.45, 7) is 0.369. The molecule has 2 aromatic carbocycles. The number of carbonyl (C=O) groups is 2. The smallest absolute Gasteiger partial charge is 0.419 e. The number of likely N-dealkylation sites (N-methyl/N-ethyl adjacent to an activating group) is 1. The van der Waals surface area contributed by atoms with Gasteiger partial charge in [0.2, 0.25) is 5.91 Å². The van der Waals surface area contributed by atoms with E-state index in [0.29, 0.717) is 5.69 Å². The van der Waals surface area contributed by atoms with E-state index < -0.39 is 17.8 Å². The average Bonchev–Trinajstić information content (AvgIpc) is 2.69. The molecular weight excluding hydrogens is 413 g/mol. The van der Waals surface area contributed by atoms with E-state index in [4.69, 9.17) is 4.74 Å². The van der Waals surface area contributed by atoms with E-state index in [0.717, 1.165) is 11.6 Å². The zero-order valence-electron chi connectivity index (χ0n) is 17.3. The first kappa shape index (κ1) is 24.0. The number of nitrogens with one attached hydrogen (secondary N) is 3. The van der Waals surface area contributed by atoms with Crippen molar-refractivity contribution >= 4 is 17.6 Å². The topological polar surface area (TPSA) is 82.7 Å². The van der Waals surface area contributed by atoms with Crippen LogP contribution in [-0.4, -0.2) is 50.6 Å². The van der Waals surface area contributed by atoms with Crippen LogP contribution in [-0.2, 0) is 17.5 Å². The van der Waals surface area contributed by atoms with Gasteiger partial charge in [-0.05, 0) is 43.9 Å². The molecule has 0 aliphatic rings. The van der Waals surface area contributed by atoms with Crippen LogP contribution < -0.4 is 20.7 Å². The Hall–Kier alpha value is -3.27. The van der Waals surface area contributed by atoms with E-state index in [-0.39, 0.29) is 37.9 Å². The van der Waals surface area contributed by atoms with Crippen molar-refractivity contribution < 1.29 is 27.5 Å². The van der Waals surface area contributed by atoms with Crippen LogP contribution in [0.25, 0.3) is 0 Å². The van der Waals surface area contributed by atoms with Gasteiger partial charge in [0.05, 0.1) is 18.7 Å². The summed E-state index contributed by atoms with van der Waals surface area (Å²) in [4.78, 5) is 25.5. The van der Waals surface area contributed by atoms with Crippen LogP contribution in [0, 0.1) is 0 Å². The van der Waals surface area contributed by atoms with Gasteiger partial charge < -0.3 is 25.6 Å². The van der Waals surface area contributed by atoms with Crippen molar-refractivity contribution in [2.45, 2.75) is 12.7 Å². The van der Waals surface area contributed by atoms with Crippen LogP contribution in [0.2, 0.25) is 0 Å². The first-order valence-electron chi connectivity index (χ1n) is 9.49. The number of amides is 3. The second kappa shape index (κ2) is 11.2. The van der Waals surface area contributed by atoms with E-state index in [2.05, 4.69) is 16.0 Å². The summed E-state index contributed by atoms with van der Waals surface area (Å²) in [5.41, 5.74) is 0.522. The first-order chi connectivity index (χ1) is 14.6. The lowest BCUT2D eigenvalue weighted by Gasteiger charge is -2.14. The standard InChI is InChI=1S/C21H25F3N4O3/c1-28(2)14-19(29)27-16-7-5-6-15(12-16)13-26-20(30)25-10-11-31-18-9-4-3-8-17(18)21(22,23)24/h3-9,12H,10-11,13-14H2,1-2H3,(H,27,29)(H2,25,26,30). The molecule has 0 fully saturated rings. The largest absolute Gasteiger partial charge is 0.491 e. The Morgan fingerprint density at radius 2 is 1.77 bits per heavy atom. The van der Waals surface area contributed by atoms with Crippen molar-refractivity contribution in [1.29, 1.82) is 0 Å². The van der Waals surface area contributed by atoms with Gasteiger partial charge >= 0.3 is 12.2 Å². The minimum absolute atomic E-state index is 0.0264. The summed E-state index contributed by atoms with van der Waals surface area (Å²) in [5, 5.41) is 7.93. The molecule has 168 valence electrons. The maximum atomic E-state index is 12.9. The van der Waals surface area contributed by atoms with Crippen LogP contribution in [0.3, 0.4) is 0 Å². The second-order valence-corrected chi connectivity index (χ2v) is 6.94. The number of rotatable bonds is 9. The fourth-order valence-electron chi connectivity index (χ4n) is 2.64. The van der Waals surface area contributed by atoms with Crippen LogP contribution in [0.1, 0.15) is 11.1 Å². The van der Waals surface area contributed by atoms with E-state index >= 15 is 0 Å². The highest BCUT2D eigenvalue weighted by Gasteiger charge is 2.33. The molecule has 0 saturated heterocycles. The number of benzene rings is 2. The van der Waals surface area contributed by atoms with Crippen molar-refractivity contribution in [2.75, 3.05) is 39.1 Å². The summed E-state index contributed by atoms with van der Waals surface area (Å²) < 4.78 is 43.9. The number of carbonyl (C=O) groups excluding carboxylic acids is 2. The highest BCUT2D eigenvalue weighted by atomic mass is 19.4. The fraction of sp³-hybridized carbons (Fsp3) is 0.333. The Morgan fingerprint density at radius 3 is 2.48 bits per heavy atom. The van der Waals surface area contributed by atoms with Crippen molar-refractivity contribution in [1.82, 2.24) is 15.5 Å². The number of urea groups is 1. The predicted octanol–water partition coefficient (Wildman–Crippen LogP) is 3.08. The molecule has 2 rings (SSSR count). The highest BCUT2D eigenvalue weighted by Crippen LogP contribution is 2.35. The van der Waals surface area contributed by atoms with E-state index in [1.54, 1.807) is 43.3 Å². The number of nitrogens with zero attached hydrogens (tertiary/aromatic N) is 1. The minimum Gasteiger partial charge on any atom is -0.491 e. The van der Waals surface area contributed by atoms with Crippen molar-refractivity contribution in [3.8, 4) is 5.75 Å². The highest BCUT2D eigenvalue weighted by molar-refractivity contribution is 5.92. The van der Waals surface area contributed by atoms with E-state index in [1.807, 2.05) is 0 Å². The van der Waals surface area contributed by atoms with Crippen LogP contribution in [0.5, 0.6) is 5.75 Å². The van der Waals surface area contributed by atoms with Gasteiger partial charge in [-0.1, -0.05) is 24.3 Å². The minimum atomic E-state index is -4.51. The lowest BCUT2D eigenvalue weighted by Crippen LogP contribution is -2.37. The van der Waals surface area contributed by atoms with Gasteiger partial charge in [-0.2, -0.15) is 13.2 Å². The molecule has 0 bridgehead atoms. The monoisotopic (exact) mass is 438 g/mol. The molecular formula is C21H25F3N4O3. The number of para-hydroxylation sites is 1. The summed E-state index contributed by atoms with van der Waals surface area (Å²) in [6.07, 6.45) is -4.51. The third-order valence-electron chi connectivity index (χ3n) is 3.96. The molecule has 0 saturated carbocycles. The molecule has 3 N–H and O–H groups in total. The predicted molar refractivity (Wildman–Crippen MR) is 111 cm³/mol. The van der Waals surface area contributed by atoms with Gasteiger partial charge in [-0.3, -0.25) is 4.79 Å². The van der Waals surface area contributed by atoms with Gasteiger partial charge in [-0.15, -0.1) is 0 Å². The molecule has 0 aromatic heterocycles. The maximum absolute atomic E-state index is 12.9. The fourth-order valence-corrected chi connectivity index (χ4v) is 2.64. The van der Waals surface area contributed by atoms with Gasteiger partial charge in [-0.25, -0.2) is 4.79 Å². The number of ether oxygens (including phenoxy) is 1. The van der Waals surface area contributed by atoms with Gasteiger partial charge in [0.1, 0.15) is 12.4 Å². The third-order valence-corrected chi connectivity index (χ3v) is 3.96. The Morgan fingerprint density at radius 1 is 1.03 bits per heavy atom. The summed E-state index contributed by atoms with van der Waals surface area (Å²) in [6, 6.07) is 11.4. The average molecular weight is 438 g/mol. The number of halogens is 3. The lowest BCUT2D eigenvalue weighted by atomic mass is 10.2. The van der Waals surface area contributed by atoms with E-state index in [1.165, 1.54) is 18.2 Å². The number of hydrogen-bond acceptors (Lipinski definition) is 4. The summed E-state index contributed by atoms with van der Waals surface area (Å²) >= 11 is 0.